The molecular weight excluding hydrogens is 474 g/mol. The largest absolute Gasteiger partial charge is 0.496 e. The van der Waals surface area contributed by atoms with Gasteiger partial charge in [0.05, 0.1) is 7.11 Å². The molecule has 0 radical (unpaired) electrons. The summed E-state index contributed by atoms with van der Waals surface area (Å²) in [5.74, 6) is 2.27. The van der Waals surface area contributed by atoms with Crippen molar-refractivity contribution in [1.29, 1.82) is 0 Å². The maximum atomic E-state index is 13.0. The zero-order chi connectivity index (χ0) is 26.0. The van der Waals surface area contributed by atoms with Gasteiger partial charge in [-0.05, 0) is 120 Å². The van der Waals surface area contributed by atoms with Crippen LogP contribution < -0.4 is 4.74 Å². The number of amides is 3. The van der Waals surface area contributed by atoms with Crippen LogP contribution in [0, 0.1) is 17.8 Å². The van der Waals surface area contributed by atoms with Crippen LogP contribution >= 0.6 is 0 Å². The third kappa shape index (κ3) is 3.78. The monoisotopic (exact) mass is 507 g/mol. The molecule has 38 heavy (non-hydrogen) atoms. The lowest BCUT2D eigenvalue weighted by atomic mass is 9.48. The van der Waals surface area contributed by atoms with Crippen molar-refractivity contribution in [3.8, 4) is 16.9 Å². The second-order valence-electron chi connectivity index (χ2n) is 12.2. The molecule has 194 valence electrons. The van der Waals surface area contributed by atoms with Crippen molar-refractivity contribution in [2.45, 2.75) is 63.2 Å². The molecule has 0 spiro atoms. The van der Waals surface area contributed by atoms with Gasteiger partial charge in [-0.15, -0.1) is 0 Å². The lowest BCUT2D eigenvalue weighted by Gasteiger charge is -2.57. The highest BCUT2D eigenvalue weighted by atomic mass is 16.5. The number of fused-ring (bicyclic) bond motifs is 1. The second-order valence-corrected chi connectivity index (χ2v) is 12.2. The predicted octanol–water partition coefficient (Wildman–Crippen LogP) is 6.66. The van der Waals surface area contributed by atoms with Crippen molar-refractivity contribution in [2.24, 2.45) is 17.8 Å². The van der Waals surface area contributed by atoms with Gasteiger partial charge in [-0.2, -0.15) is 0 Å². The molecule has 0 N–H and O–H groups in total. The van der Waals surface area contributed by atoms with Gasteiger partial charge in [0.15, 0.2) is 0 Å². The average molecular weight is 508 g/mol. The molecule has 3 amide bonds. The molecule has 0 atom stereocenters. The van der Waals surface area contributed by atoms with Crippen molar-refractivity contribution >= 4 is 28.5 Å². The van der Waals surface area contributed by atoms with Crippen LogP contribution in [0.1, 0.15) is 73.7 Å². The van der Waals surface area contributed by atoms with Crippen LogP contribution in [-0.2, 0) is 15.0 Å². The van der Waals surface area contributed by atoms with Crippen LogP contribution in [0.15, 0.2) is 54.6 Å². The zero-order valence-corrected chi connectivity index (χ0v) is 21.9. The van der Waals surface area contributed by atoms with E-state index in [1.165, 1.54) is 49.7 Å². The number of hydrogen-bond acceptors (Lipinski definition) is 4. The number of ether oxygens (including phenoxy) is 1. The molecule has 5 nitrogen and oxygen atoms in total. The topological polar surface area (TPSA) is 63.7 Å². The van der Waals surface area contributed by atoms with Crippen molar-refractivity contribution in [3.63, 3.8) is 0 Å². The summed E-state index contributed by atoms with van der Waals surface area (Å²) in [5, 5.41) is 1.92. The molecule has 3 aromatic rings. The minimum Gasteiger partial charge on any atom is -0.496 e. The van der Waals surface area contributed by atoms with Gasteiger partial charge in [-0.25, -0.2) is 4.90 Å². The lowest BCUT2D eigenvalue weighted by Crippen LogP contribution is -2.48. The van der Waals surface area contributed by atoms with E-state index < -0.39 is 17.7 Å². The fourth-order valence-electron chi connectivity index (χ4n) is 8.41. The summed E-state index contributed by atoms with van der Waals surface area (Å²) in [7, 11) is 1.79. The van der Waals surface area contributed by atoms with Crippen LogP contribution in [0.5, 0.6) is 5.75 Å². The molecule has 4 aliphatic carbocycles. The molecule has 0 aromatic heterocycles. The van der Waals surface area contributed by atoms with Crippen molar-refractivity contribution in [1.82, 2.24) is 4.90 Å². The summed E-state index contributed by atoms with van der Waals surface area (Å²) in [6.07, 6.45) is 9.09. The first kappa shape index (κ1) is 23.6. The molecule has 5 fully saturated rings. The minimum absolute atomic E-state index is 0.238. The molecule has 8 rings (SSSR count). The molecule has 5 aliphatic rings. The maximum Gasteiger partial charge on any atom is 0.267 e. The number of carbonyl (C=O) groups excluding carboxylic acids is 3. The molecule has 0 unspecified atom stereocenters. The number of benzene rings is 3. The number of piperidine rings is 1. The summed E-state index contributed by atoms with van der Waals surface area (Å²) in [5.41, 5.74) is 4.30. The molecule has 5 heteroatoms. The first-order valence-electron chi connectivity index (χ1n) is 14.1. The highest BCUT2D eigenvalue weighted by Gasteiger charge is 2.52. The number of likely N-dealkylation sites (tertiary alicyclic amines) is 1. The van der Waals surface area contributed by atoms with Gasteiger partial charge in [-0.1, -0.05) is 24.3 Å². The Morgan fingerprint density at radius 1 is 0.789 bits per heavy atom. The Hall–Kier alpha value is -3.47. The number of rotatable bonds is 4. The lowest BCUT2D eigenvalue weighted by molar-refractivity contribution is -0.144. The Balaban J connectivity index is 1.22. The van der Waals surface area contributed by atoms with E-state index >= 15 is 0 Å². The molecule has 4 saturated carbocycles. The van der Waals surface area contributed by atoms with E-state index in [0.29, 0.717) is 12.0 Å². The number of nitrogens with zero attached hydrogens (tertiary/aromatic N) is 1. The van der Waals surface area contributed by atoms with Gasteiger partial charge in [0.2, 0.25) is 11.8 Å². The molecule has 1 aliphatic heterocycles. The van der Waals surface area contributed by atoms with Crippen LogP contribution in [0.25, 0.3) is 21.9 Å². The maximum absolute atomic E-state index is 13.0. The quantitative estimate of drug-likeness (QED) is 0.370. The van der Waals surface area contributed by atoms with E-state index in [0.717, 1.165) is 44.7 Å². The number of methoxy groups -OCH3 is 1. The third-order valence-electron chi connectivity index (χ3n) is 9.71. The standard InChI is InChI=1S/C33H33NO4/c1-38-29-10-9-26(16-28(29)33-17-20-11-21(18-33)13-22(12-20)19-33)24-5-6-25-15-27(8-7-23(25)14-24)32(37)34-30(35)3-2-4-31(34)36/h5-10,14-16,20-22H,2-4,11-13,17-19H2,1H3. The summed E-state index contributed by atoms with van der Waals surface area (Å²) in [6, 6.07) is 18.4. The Bertz CT molecular complexity index is 1440. The SMILES string of the molecule is COc1ccc(-c2ccc3cc(C(=O)N4C(=O)CCCC4=O)ccc3c2)cc1C12CC3CC(CC(C3)C1)C2. The number of hydrogen-bond donors (Lipinski definition) is 0. The molecule has 3 aromatic carbocycles. The summed E-state index contributed by atoms with van der Waals surface area (Å²) in [6.45, 7) is 0. The van der Waals surface area contributed by atoms with Crippen molar-refractivity contribution < 1.29 is 19.1 Å². The Kier molecular flexibility index (Phi) is 5.47. The third-order valence-corrected chi connectivity index (χ3v) is 9.71. The van der Waals surface area contributed by atoms with Crippen LogP contribution in [0.3, 0.4) is 0 Å². The van der Waals surface area contributed by atoms with E-state index in [1.54, 1.807) is 19.2 Å². The van der Waals surface area contributed by atoms with E-state index in [9.17, 15) is 14.4 Å². The smallest absolute Gasteiger partial charge is 0.267 e. The zero-order valence-electron chi connectivity index (χ0n) is 21.9. The Labute approximate surface area is 223 Å². The van der Waals surface area contributed by atoms with Gasteiger partial charge in [-0.3, -0.25) is 14.4 Å². The van der Waals surface area contributed by atoms with Crippen molar-refractivity contribution in [2.75, 3.05) is 7.11 Å². The van der Waals surface area contributed by atoms with Crippen LogP contribution in [0.2, 0.25) is 0 Å². The van der Waals surface area contributed by atoms with Gasteiger partial charge < -0.3 is 4.74 Å². The fraction of sp³-hybridized carbons (Fsp3) is 0.424. The summed E-state index contributed by atoms with van der Waals surface area (Å²) >= 11 is 0. The second kappa shape index (κ2) is 8.79. The first-order valence-corrected chi connectivity index (χ1v) is 14.1. The van der Waals surface area contributed by atoms with E-state index in [-0.39, 0.29) is 18.3 Å². The van der Waals surface area contributed by atoms with Crippen LogP contribution in [-0.4, -0.2) is 29.7 Å². The van der Waals surface area contributed by atoms with Crippen molar-refractivity contribution in [3.05, 3.63) is 65.7 Å². The molecular formula is C33H33NO4. The average Bonchev–Trinajstić information content (AvgIpc) is 2.91. The predicted molar refractivity (Wildman–Crippen MR) is 146 cm³/mol. The van der Waals surface area contributed by atoms with Gasteiger partial charge in [0.25, 0.3) is 5.91 Å². The van der Waals surface area contributed by atoms with E-state index in [1.807, 2.05) is 12.1 Å². The molecule has 1 heterocycles. The number of imide groups is 3. The number of carbonyl (C=O) groups is 3. The van der Waals surface area contributed by atoms with Crippen LogP contribution in [0.4, 0.5) is 0 Å². The van der Waals surface area contributed by atoms with E-state index in [4.69, 9.17) is 4.74 Å². The normalized spacial score (nSPS) is 28.2. The molecule has 4 bridgehead atoms. The van der Waals surface area contributed by atoms with E-state index in [2.05, 4.69) is 30.3 Å². The van der Waals surface area contributed by atoms with Gasteiger partial charge in [0.1, 0.15) is 5.75 Å². The highest BCUT2D eigenvalue weighted by molar-refractivity contribution is 6.18. The summed E-state index contributed by atoms with van der Waals surface area (Å²) < 4.78 is 5.91. The summed E-state index contributed by atoms with van der Waals surface area (Å²) in [4.78, 5) is 38.3. The highest BCUT2D eigenvalue weighted by Crippen LogP contribution is 2.62. The van der Waals surface area contributed by atoms with Gasteiger partial charge >= 0.3 is 0 Å². The first-order chi connectivity index (χ1) is 18.4. The molecule has 1 saturated heterocycles. The Morgan fingerprint density at radius 2 is 1.37 bits per heavy atom. The minimum atomic E-state index is -0.527. The Morgan fingerprint density at radius 3 is 2.03 bits per heavy atom. The fourth-order valence-corrected chi connectivity index (χ4v) is 8.41. The van der Waals surface area contributed by atoms with Gasteiger partial charge in [0, 0.05) is 24.0 Å².